The molecule has 0 bridgehead atoms. The van der Waals surface area contributed by atoms with Crippen LogP contribution in [0.3, 0.4) is 0 Å². The molecule has 0 saturated carbocycles. The second kappa shape index (κ2) is 5.54. The zero-order valence-corrected chi connectivity index (χ0v) is 10.4. The molecular weight excluding hydrogens is 240 g/mol. The van der Waals surface area contributed by atoms with Crippen LogP contribution in [0.2, 0.25) is 0 Å². The van der Waals surface area contributed by atoms with Crippen molar-refractivity contribution in [3.63, 3.8) is 0 Å². The van der Waals surface area contributed by atoms with Gasteiger partial charge in [0.05, 0.1) is 6.54 Å². The maximum Gasteiger partial charge on any atom is 0.422 e. The Bertz CT molecular complexity index is 433. The topological polar surface area (TPSA) is 101 Å². The molecule has 0 aromatic carbocycles. The molecule has 1 rings (SSSR count). The minimum absolute atomic E-state index is 0.149. The van der Waals surface area contributed by atoms with Crippen LogP contribution in [-0.4, -0.2) is 22.8 Å². The van der Waals surface area contributed by atoms with Gasteiger partial charge in [0.2, 0.25) is 5.76 Å². The van der Waals surface area contributed by atoms with Crippen molar-refractivity contribution in [3.05, 3.63) is 23.7 Å². The average molecular weight is 256 g/mol. The van der Waals surface area contributed by atoms with Crippen LogP contribution in [0.4, 0.5) is 4.79 Å². The summed E-state index contributed by atoms with van der Waals surface area (Å²) in [4.78, 5) is 21.8. The lowest BCUT2D eigenvalue weighted by Gasteiger charge is -2.19. The van der Waals surface area contributed by atoms with Crippen molar-refractivity contribution in [2.75, 3.05) is 0 Å². The van der Waals surface area contributed by atoms with Crippen molar-refractivity contribution in [2.24, 2.45) is 0 Å². The van der Waals surface area contributed by atoms with Gasteiger partial charge in [0.1, 0.15) is 11.4 Å². The van der Waals surface area contributed by atoms with Gasteiger partial charge in [0.25, 0.3) is 0 Å². The Balaban J connectivity index is 2.33. The van der Waals surface area contributed by atoms with Gasteiger partial charge in [-0.2, -0.15) is 0 Å². The number of carboxylic acid groups (broad SMARTS) is 1. The molecule has 1 aromatic heterocycles. The van der Waals surface area contributed by atoms with E-state index in [0.717, 1.165) is 0 Å². The molecule has 3 N–H and O–H groups in total. The van der Waals surface area contributed by atoms with Gasteiger partial charge in [-0.05, 0) is 32.9 Å². The summed E-state index contributed by atoms with van der Waals surface area (Å²) in [6.45, 7) is 5.40. The molecule has 1 heterocycles. The number of furan rings is 1. The van der Waals surface area contributed by atoms with Gasteiger partial charge >= 0.3 is 12.1 Å². The van der Waals surface area contributed by atoms with Crippen LogP contribution in [0, 0.1) is 0 Å². The molecule has 0 atom stereocenters. The zero-order valence-electron chi connectivity index (χ0n) is 10.4. The van der Waals surface area contributed by atoms with Crippen molar-refractivity contribution in [3.8, 4) is 0 Å². The van der Waals surface area contributed by atoms with E-state index in [4.69, 9.17) is 14.3 Å². The molecule has 0 saturated heterocycles. The summed E-state index contributed by atoms with van der Waals surface area (Å²) in [6.07, 6.45) is -0.618. The third-order valence-electron chi connectivity index (χ3n) is 1.72. The highest BCUT2D eigenvalue weighted by molar-refractivity contribution is 5.84. The van der Waals surface area contributed by atoms with E-state index in [1.54, 1.807) is 20.8 Å². The number of carboxylic acids is 1. The van der Waals surface area contributed by atoms with Gasteiger partial charge < -0.3 is 14.3 Å². The monoisotopic (exact) mass is 256 g/mol. The second-order valence-electron chi connectivity index (χ2n) is 4.55. The normalized spacial score (nSPS) is 11.1. The summed E-state index contributed by atoms with van der Waals surface area (Å²) in [7, 11) is 0. The fourth-order valence-electron chi connectivity index (χ4n) is 1.09. The molecular formula is C11H16N2O5. The molecule has 1 amide bonds. The van der Waals surface area contributed by atoms with Crippen molar-refractivity contribution in [1.29, 1.82) is 0 Å². The Morgan fingerprint density at radius 2 is 2.06 bits per heavy atom. The van der Waals surface area contributed by atoms with Crippen LogP contribution in [0.1, 0.15) is 37.1 Å². The van der Waals surface area contributed by atoms with E-state index in [0.29, 0.717) is 5.76 Å². The summed E-state index contributed by atoms with van der Waals surface area (Å²) in [5.41, 5.74) is 4.30. The molecule has 0 spiro atoms. The molecule has 18 heavy (non-hydrogen) atoms. The molecule has 100 valence electrons. The second-order valence-corrected chi connectivity index (χ2v) is 4.55. The lowest BCUT2D eigenvalue weighted by molar-refractivity contribution is 0.0493. The average Bonchev–Trinajstić information content (AvgIpc) is 2.63. The fourth-order valence-corrected chi connectivity index (χ4v) is 1.09. The third kappa shape index (κ3) is 4.88. The van der Waals surface area contributed by atoms with Crippen molar-refractivity contribution in [2.45, 2.75) is 32.9 Å². The maximum absolute atomic E-state index is 11.2. The van der Waals surface area contributed by atoms with Crippen LogP contribution in [0.5, 0.6) is 0 Å². The Labute approximate surface area is 104 Å². The smallest absolute Gasteiger partial charge is 0.422 e. The molecule has 7 heteroatoms. The molecule has 1 aromatic rings. The molecule has 0 aliphatic rings. The zero-order chi connectivity index (χ0) is 13.8. The molecule has 0 aliphatic heterocycles. The summed E-state index contributed by atoms with van der Waals surface area (Å²) < 4.78 is 9.96. The number of nitrogens with one attached hydrogen (secondary N) is 2. The summed E-state index contributed by atoms with van der Waals surface area (Å²) in [5, 5.41) is 8.64. The van der Waals surface area contributed by atoms with Gasteiger partial charge in [-0.25, -0.2) is 15.0 Å². The number of hydrogen-bond acceptors (Lipinski definition) is 5. The van der Waals surface area contributed by atoms with Crippen molar-refractivity contribution in [1.82, 2.24) is 10.9 Å². The number of carbonyl (C=O) groups excluding carboxylic acids is 1. The number of ether oxygens (including phenoxy) is 1. The Hall–Kier alpha value is -2.02. The van der Waals surface area contributed by atoms with E-state index in [1.807, 2.05) is 0 Å². The van der Waals surface area contributed by atoms with Crippen LogP contribution in [0.15, 0.2) is 16.5 Å². The highest BCUT2D eigenvalue weighted by atomic mass is 16.6. The number of rotatable bonds is 4. The van der Waals surface area contributed by atoms with Gasteiger partial charge in [-0.1, -0.05) is 0 Å². The van der Waals surface area contributed by atoms with E-state index in [1.165, 1.54) is 12.1 Å². The van der Waals surface area contributed by atoms with E-state index < -0.39 is 17.7 Å². The highest BCUT2D eigenvalue weighted by Crippen LogP contribution is 2.07. The van der Waals surface area contributed by atoms with Crippen LogP contribution >= 0.6 is 0 Å². The Morgan fingerprint density at radius 1 is 1.39 bits per heavy atom. The van der Waals surface area contributed by atoms with E-state index in [9.17, 15) is 9.59 Å². The summed E-state index contributed by atoms with van der Waals surface area (Å²) in [5.74, 6) is -0.895. The largest absolute Gasteiger partial charge is 0.475 e. The molecule has 0 fully saturated rings. The number of hydrazine groups is 1. The van der Waals surface area contributed by atoms with Crippen LogP contribution < -0.4 is 10.9 Å². The van der Waals surface area contributed by atoms with Crippen LogP contribution in [-0.2, 0) is 11.3 Å². The summed E-state index contributed by atoms with van der Waals surface area (Å²) in [6, 6.07) is 2.85. The summed E-state index contributed by atoms with van der Waals surface area (Å²) >= 11 is 0. The van der Waals surface area contributed by atoms with Crippen LogP contribution in [0.25, 0.3) is 0 Å². The number of amides is 1. The Kier molecular flexibility index (Phi) is 4.33. The quantitative estimate of drug-likeness (QED) is 0.706. The van der Waals surface area contributed by atoms with Gasteiger partial charge in [-0.3, -0.25) is 5.43 Å². The van der Waals surface area contributed by atoms with E-state index >= 15 is 0 Å². The van der Waals surface area contributed by atoms with Gasteiger partial charge in [-0.15, -0.1) is 0 Å². The first-order valence-electron chi connectivity index (χ1n) is 5.32. The highest BCUT2D eigenvalue weighted by Gasteiger charge is 2.15. The first-order valence-corrected chi connectivity index (χ1v) is 5.32. The number of hydrogen-bond donors (Lipinski definition) is 3. The number of aromatic carboxylic acids is 1. The van der Waals surface area contributed by atoms with Crippen molar-refractivity contribution >= 4 is 12.1 Å². The van der Waals surface area contributed by atoms with E-state index in [-0.39, 0.29) is 12.3 Å². The van der Waals surface area contributed by atoms with E-state index in [2.05, 4.69) is 10.9 Å². The molecule has 0 unspecified atom stereocenters. The lowest BCUT2D eigenvalue weighted by Crippen LogP contribution is -2.40. The minimum atomic E-state index is -1.14. The standard InChI is InChI=1S/C11H16N2O5/c1-11(2,3)18-10(16)13-12-6-7-4-5-8(17-7)9(14)15/h4-5,12H,6H2,1-3H3,(H,13,16)(H,14,15). The molecule has 0 radical (unpaired) electrons. The maximum atomic E-state index is 11.2. The van der Waals surface area contributed by atoms with Crippen molar-refractivity contribution < 1.29 is 23.8 Å². The lowest BCUT2D eigenvalue weighted by atomic mass is 10.2. The SMILES string of the molecule is CC(C)(C)OC(=O)NNCc1ccc(C(=O)O)o1. The van der Waals surface area contributed by atoms with Gasteiger partial charge in [0, 0.05) is 0 Å². The predicted molar refractivity (Wildman–Crippen MR) is 61.9 cm³/mol. The molecule has 7 nitrogen and oxygen atoms in total. The molecule has 0 aliphatic carbocycles. The first-order chi connectivity index (χ1) is 8.28. The fraction of sp³-hybridized carbons (Fsp3) is 0.455. The number of carbonyl (C=O) groups is 2. The third-order valence-corrected chi connectivity index (χ3v) is 1.72. The Morgan fingerprint density at radius 3 is 2.56 bits per heavy atom. The van der Waals surface area contributed by atoms with Gasteiger partial charge in [0.15, 0.2) is 0 Å². The minimum Gasteiger partial charge on any atom is -0.475 e. The predicted octanol–water partition coefficient (Wildman–Crippen LogP) is 1.51. The first kappa shape index (κ1) is 14.0.